The second kappa shape index (κ2) is 6.22. The van der Waals surface area contributed by atoms with Gasteiger partial charge in [0.1, 0.15) is 12.4 Å². The molecular formula is C18H23NO4. The lowest BCUT2D eigenvalue weighted by Crippen LogP contribution is -2.38. The number of carbonyl (C=O) groups is 2. The molecular weight excluding hydrogens is 294 g/mol. The molecule has 1 heterocycles. The Morgan fingerprint density at radius 3 is 2.70 bits per heavy atom. The average Bonchev–Trinajstić information content (AvgIpc) is 2.94. The van der Waals surface area contributed by atoms with Crippen LogP contribution in [0.25, 0.3) is 0 Å². The largest absolute Gasteiger partial charge is 0.490 e. The van der Waals surface area contributed by atoms with Gasteiger partial charge in [-0.1, -0.05) is 18.6 Å². The summed E-state index contributed by atoms with van der Waals surface area (Å²) >= 11 is 0. The molecule has 3 atom stereocenters. The van der Waals surface area contributed by atoms with E-state index in [1.54, 1.807) is 0 Å². The van der Waals surface area contributed by atoms with Gasteiger partial charge in [0.2, 0.25) is 5.91 Å². The van der Waals surface area contributed by atoms with E-state index >= 15 is 0 Å². The monoisotopic (exact) mass is 317 g/mol. The third-order valence-electron chi connectivity index (χ3n) is 5.19. The van der Waals surface area contributed by atoms with Gasteiger partial charge in [-0.25, -0.2) is 0 Å². The number of rotatable bonds is 3. The van der Waals surface area contributed by atoms with Crippen molar-refractivity contribution in [3.05, 3.63) is 28.8 Å². The van der Waals surface area contributed by atoms with Crippen molar-refractivity contribution in [1.82, 2.24) is 5.32 Å². The van der Waals surface area contributed by atoms with Crippen molar-refractivity contribution in [3.63, 3.8) is 0 Å². The summed E-state index contributed by atoms with van der Waals surface area (Å²) < 4.78 is 5.76. The van der Waals surface area contributed by atoms with Crippen molar-refractivity contribution in [2.75, 3.05) is 6.61 Å². The van der Waals surface area contributed by atoms with Crippen LogP contribution in [0.5, 0.6) is 5.75 Å². The van der Waals surface area contributed by atoms with Gasteiger partial charge < -0.3 is 15.2 Å². The highest BCUT2D eigenvalue weighted by molar-refractivity contribution is 5.81. The maximum Gasteiger partial charge on any atom is 0.306 e. The summed E-state index contributed by atoms with van der Waals surface area (Å²) in [7, 11) is 0. The molecule has 0 saturated heterocycles. The van der Waals surface area contributed by atoms with Gasteiger partial charge in [0.25, 0.3) is 0 Å². The summed E-state index contributed by atoms with van der Waals surface area (Å²) in [6.07, 6.45) is 2.68. The number of nitrogens with one attached hydrogen (secondary N) is 1. The van der Waals surface area contributed by atoms with Crippen LogP contribution >= 0.6 is 0 Å². The van der Waals surface area contributed by atoms with E-state index in [1.807, 2.05) is 26.0 Å². The minimum atomic E-state index is -0.789. The molecule has 1 aliphatic heterocycles. The Kier molecular flexibility index (Phi) is 4.28. The molecule has 0 spiro atoms. The number of aliphatic carboxylic acids is 1. The van der Waals surface area contributed by atoms with Gasteiger partial charge >= 0.3 is 5.97 Å². The fourth-order valence-corrected chi connectivity index (χ4v) is 3.59. The van der Waals surface area contributed by atoms with Crippen molar-refractivity contribution in [1.29, 1.82) is 0 Å². The first-order valence-electron chi connectivity index (χ1n) is 8.23. The number of fused-ring (bicyclic) bond motifs is 1. The minimum absolute atomic E-state index is 0.0457. The van der Waals surface area contributed by atoms with Crippen molar-refractivity contribution < 1.29 is 19.4 Å². The Morgan fingerprint density at radius 2 is 1.96 bits per heavy atom. The molecule has 1 fully saturated rings. The van der Waals surface area contributed by atoms with Crippen LogP contribution in [0.4, 0.5) is 0 Å². The molecule has 0 bridgehead atoms. The fourth-order valence-electron chi connectivity index (χ4n) is 3.59. The van der Waals surface area contributed by atoms with Gasteiger partial charge in [-0.3, -0.25) is 9.59 Å². The van der Waals surface area contributed by atoms with E-state index in [4.69, 9.17) is 9.84 Å². The van der Waals surface area contributed by atoms with Crippen LogP contribution in [0, 0.1) is 25.7 Å². The third-order valence-corrected chi connectivity index (χ3v) is 5.19. The number of benzene rings is 1. The molecule has 1 aromatic rings. The first kappa shape index (κ1) is 15.8. The van der Waals surface area contributed by atoms with Crippen molar-refractivity contribution in [2.45, 2.75) is 45.6 Å². The second-order valence-electron chi connectivity index (χ2n) is 6.70. The van der Waals surface area contributed by atoms with Crippen LogP contribution in [0.2, 0.25) is 0 Å². The number of amides is 1. The number of carbonyl (C=O) groups excluding carboxylic acids is 1. The zero-order valence-corrected chi connectivity index (χ0v) is 13.6. The fraction of sp³-hybridized carbons (Fsp3) is 0.556. The van der Waals surface area contributed by atoms with E-state index in [1.165, 1.54) is 5.56 Å². The molecule has 23 heavy (non-hydrogen) atoms. The number of hydrogen-bond acceptors (Lipinski definition) is 3. The van der Waals surface area contributed by atoms with Crippen LogP contribution in [0.3, 0.4) is 0 Å². The summed E-state index contributed by atoms with van der Waals surface area (Å²) in [5.74, 6) is -0.557. The van der Waals surface area contributed by atoms with Crippen molar-refractivity contribution in [2.24, 2.45) is 11.8 Å². The van der Waals surface area contributed by atoms with Crippen molar-refractivity contribution >= 4 is 11.9 Å². The van der Waals surface area contributed by atoms with E-state index in [0.717, 1.165) is 29.7 Å². The first-order valence-corrected chi connectivity index (χ1v) is 8.23. The van der Waals surface area contributed by atoms with Crippen LogP contribution < -0.4 is 10.1 Å². The average molecular weight is 317 g/mol. The van der Waals surface area contributed by atoms with Gasteiger partial charge in [-0.05, 0) is 44.2 Å². The summed E-state index contributed by atoms with van der Waals surface area (Å²) in [5, 5.41) is 12.2. The molecule has 3 rings (SSSR count). The maximum absolute atomic E-state index is 12.5. The number of aryl methyl sites for hydroxylation is 1. The molecule has 1 aromatic carbocycles. The summed E-state index contributed by atoms with van der Waals surface area (Å²) in [6, 6.07) is 3.92. The minimum Gasteiger partial charge on any atom is -0.490 e. The normalized spacial score (nSPS) is 26.3. The SMILES string of the molecule is Cc1ccc2c(c1C)OCC2NC(=O)C1CCCC(C(=O)O)C1. The third kappa shape index (κ3) is 3.05. The molecule has 0 aromatic heterocycles. The first-order chi connectivity index (χ1) is 11.0. The zero-order valence-electron chi connectivity index (χ0n) is 13.6. The van der Waals surface area contributed by atoms with Gasteiger partial charge in [0, 0.05) is 11.5 Å². The van der Waals surface area contributed by atoms with Crippen LogP contribution in [-0.4, -0.2) is 23.6 Å². The lowest BCUT2D eigenvalue weighted by molar-refractivity contribution is -0.144. The lowest BCUT2D eigenvalue weighted by atomic mass is 9.81. The number of carboxylic acids is 1. The van der Waals surface area contributed by atoms with Gasteiger partial charge in [0.15, 0.2) is 0 Å². The van der Waals surface area contributed by atoms with E-state index in [9.17, 15) is 9.59 Å². The summed E-state index contributed by atoms with van der Waals surface area (Å²) in [6.45, 7) is 4.51. The predicted octanol–water partition coefficient (Wildman–Crippen LogP) is 2.74. The number of ether oxygens (including phenoxy) is 1. The highest BCUT2D eigenvalue weighted by Crippen LogP contribution is 2.37. The molecule has 5 nitrogen and oxygen atoms in total. The predicted molar refractivity (Wildman–Crippen MR) is 85.4 cm³/mol. The van der Waals surface area contributed by atoms with E-state index < -0.39 is 11.9 Å². The number of hydrogen-bond donors (Lipinski definition) is 2. The molecule has 124 valence electrons. The molecule has 1 amide bonds. The molecule has 5 heteroatoms. The van der Waals surface area contributed by atoms with Crippen molar-refractivity contribution in [3.8, 4) is 5.75 Å². The Balaban J connectivity index is 1.68. The van der Waals surface area contributed by atoms with Crippen LogP contribution in [0.1, 0.15) is 48.4 Å². The molecule has 1 saturated carbocycles. The standard InChI is InChI=1S/C18H23NO4/c1-10-6-7-14-15(9-23-16(14)11(10)2)19-17(20)12-4-3-5-13(8-12)18(21)22/h6-7,12-13,15H,3-5,8-9H2,1-2H3,(H,19,20)(H,21,22). The Morgan fingerprint density at radius 1 is 1.22 bits per heavy atom. The Bertz CT molecular complexity index is 640. The topological polar surface area (TPSA) is 75.6 Å². The van der Waals surface area contributed by atoms with E-state index in [0.29, 0.717) is 19.4 Å². The maximum atomic E-state index is 12.5. The quantitative estimate of drug-likeness (QED) is 0.899. The molecule has 3 unspecified atom stereocenters. The highest BCUT2D eigenvalue weighted by atomic mass is 16.5. The highest BCUT2D eigenvalue weighted by Gasteiger charge is 2.34. The Hall–Kier alpha value is -2.04. The van der Waals surface area contributed by atoms with E-state index in [2.05, 4.69) is 5.32 Å². The lowest BCUT2D eigenvalue weighted by Gasteiger charge is -2.26. The second-order valence-corrected chi connectivity index (χ2v) is 6.70. The molecule has 0 radical (unpaired) electrons. The van der Waals surface area contributed by atoms with Gasteiger partial charge in [-0.2, -0.15) is 0 Å². The van der Waals surface area contributed by atoms with Gasteiger partial charge in [0.05, 0.1) is 12.0 Å². The smallest absolute Gasteiger partial charge is 0.306 e. The summed E-state index contributed by atoms with van der Waals surface area (Å²) in [5.41, 5.74) is 3.31. The Labute approximate surface area is 136 Å². The van der Waals surface area contributed by atoms with E-state index in [-0.39, 0.29) is 17.9 Å². The van der Waals surface area contributed by atoms with Crippen LogP contribution in [-0.2, 0) is 9.59 Å². The molecule has 2 N–H and O–H groups in total. The zero-order chi connectivity index (χ0) is 16.6. The van der Waals surface area contributed by atoms with Gasteiger partial charge in [-0.15, -0.1) is 0 Å². The molecule has 2 aliphatic rings. The number of carboxylic acid groups (broad SMARTS) is 1. The summed E-state index contributed by atoms with van der Waals surface area (Å²) in [4.78, 5) is 23.7. The van der Waals surface area contributed by atoms with Crippen LogP contribution in [0.15, 0.2) is 12.1 Å². The molecule has 1 aliphatic carbocycles.